The number of nitrogens with zero attached hydrogens (tertiary/aromatic N) is 2. The first-order valence-corrected chi connectivity index (χ1v) is 4.67. The van der Waals surface area contributed by atoms with Crippen molar-refractivity contribution in [1.29, 1.82) is 0 Å². The molecule has 0 N–H and O–H groups in total. The molecule has 76 valence electrons. The monoisotopic (exact) mass is 194 g/mol. The summed E-state index contributed by atoms with van der Waals surface area (Å²) in [5.74, 6) is -0.0194. The van der Waals surface area contributed by atoms with Crippen LogP contribution in [-0.4, -0.2) is 22.5 Å². The highest BCUT2D eigenvalue weighted by Gasteiger charge is 2.09. The second kappa shape index (κ2) is 5.32. The Kier molecular flexibility index (Phi) is 4.04. The fourth-order valence-electron chi connectivity index (χ4n) is 0.814. The second-order valence-electron chi connectivity index (χ2n) is 3.20. The van der Waals surface area contributed by atoms with E-state index >= 15 is 0 Å². The van der Waals surface area contributed by atoms with Crippen molar-refractivity contribution in [2.75, 3.05) is 6.61 Å². The lowest BCUT2D eigenvalue weighted by Gasteiger charge is -2.08. The molecule has 0 saturated carbocycles. The highest BCUT2D eigenvalue weighted by Crippen LogP contribution is 2.03. The molecule has 0 radical (unpaired) electrons. The van der Waals surface area contributed by atoms with Crippen molar-refractivity contribution in [2.45, 2.75) is 20.3 Å². The van der Waals surface area contributed by atoms with Crippen molar-refractivity contribution >= 4 is 5.97 Å². The standard InChI is InChI=1S/C10H14N2O2/c1-3-8(2)7-14-10(13)9-6-11-4-5-12-9/h4-6,8H,3,7H2,1-2H3. The Balaban J connectivity index is 2.44. The number of hydrogen-bond acceptors (Lipinski definition) is 4. The summed E-state index contributed by atoms with van der Waals surface area (Å²) in [5.41, 5.74) is 0.260. The van der Waals surface area contributed by atoms with Crippen molar-refractivity contribution in [1.82, 2.24) is 9.97 Å². The van der Waals surface area contributed by atoms with Gasteiger partial charge in [-0.15, -0.1) is 0 Å². The van der Waals surface area contributed by atoms with Crippen molar-refractivity contribution in [2.24, 2.45) is 5.92 Å². The SMILES string of the molecule is CCC(C)COC(=O)c1cnccn1. The number of esters is 1. The van der Waals surface area contributed by atoms with Crippen LogP contribution in [0.4, 0.5) is 0 Å². The van der Waals surface area contributed by atoms with Crippen molar-refractivity contribution in [3.63, 3.8) is 0 Å². The van der Waals surface area contributed by atoms with Crippen LogP contribution < -0.4 is 0 Å². The number of ether oxygens (including phenoxy) is 1. The van der Waals surface area contributed by atoms with Crippen LogP contribution >= 0.6 is 0 Å². The van der Waals surface area contributed by atoms with Crippen LogP contribution in [0.1, 0.15) is 30.8 Å². The molecule has 0 saturated heterocycles. The Hall–Kier alpha value is -1.45. The van der Waals surface area contributed by atoms with Gasteiger partial charge in [0.2, 0.25) is 0 Å². The van der Waals surface area contributed by atoms with E-state index in [1.54, 1.807) is 0 Å². The Morgan fingerprint density at radius 3 is 2.93 bits per heavy atom. The molecular weight excluding hydrogens is 180 g/mol. The molecule has 1 aromatic rings. The van der Waals surface area contributed by atoms with Gasteiger partial charge in [0.15, 0.2) is 5.69 Å². The van der Waals surface area contributed by atoms with Gasteiger partial charge in [0.05, 0.1) is 12.8 Å². The Bertz CT molecular complexity index is 287. The summed E-state index contributed by atoms with van der Waals surface area (Å²) in [6.07, 6.45) is 5.39. The van der Waals surface area contributed by atoms with Gasteiger partial charge in [0, 0.05) is 12.4 Å². The van der Waals surface area contributed by atoms with E-state index in [4.69, 9.17) is 4.74 Å². The molecule has 0 spiro atoms. The Morgan fingerprint density at radius 2 is 2.36 bits per heavy atom. The van der Waals surface area contributed by atoms with Gasteiger partial charge in [0.25, 0.3) is 0 Å². The van der Waals surface area contributed by atoms with Gasteiger partial charge in [-0.1, -0.05) is 20.3 Å². The number of hydrogen-bond donors (Lipinski definition) is 0. The lowest BCUT2D eigenvalue weighted by molar-refractivity contribution is 0.0439. The molecule has 4 heteroatoms. The first-order valence-electron chi connectivity index (χ1n) is 4.67. The third kappa shape index (κ3) is 3.12. The second-order valence-corrected chi connectivity index (χ2v) is 3.20. The van der Waals surface area contributed by atoms with Crippen molar-refractivity contribution in [3.8, 4) is 0 Å². The predicted octanol–water partition coefficient (Wildman–Crippen LogP) is 1.68. The maximum Gasteiger partial charge on any atom is 0.358 e. The smallest absolute Gasteiger partial charge is 0.358 e. The highest BCUT2D eigenvalue weighted by atomic mass is 16.5. The molecule has 1 heterocycles. The zero-order valence-corrected chi connectivity index (χ0v) is 8.43. The van der Waals surface area contributed by atoms with E-state index in [0.29, 0.717) is 12.5 Å². The van der Waals surface area contributed by atoms with Gasteiger partial charge < -0.3 is 4.74 Å². The summed E-state index contributed by atoms with van der Waals surface area (Å²) in [7, 11) is 0. The third-order valence-electron chi connectivity index (χ3n) is 1.97. The first kappa shape index (κ1) is 10.6. The minimum Gasteiger partial charge on any atom is -0.461 e. The summed E-state index contributed by atoms with van der Waals surface area (Å²) in [6, 6.07) is 0. The lowest BCUT2D eigenvalue weighted by Crippen LogP contribution is -2.12. The van der Waals surface area contributed by atoms with Gasteiger partial charge in [-0.3, -0.25) is 4.98 Å². The summed E-state index contributed by atoms with van der Waals surface area (Å²) in [5, 5.41) is 0. The van der Waals surface area contributed by atoms with Crippen LogP contribution in [0.3, 0.4) is 0 Å². The summed E-state index contributed by atoms with van der Waals surface area (Å²) >= 11 is 0. The van der Waals surface area contributed by atoms with E-state index in [2.05, 4.69) is 16.9 Å². The molecule has 0 fully saturated rings. The Morgan fingerprint density at radius 1 is 1.57 bits per heavy atom. The molecule has 0 bridgehead atoms. The van der Waals surface area contributed by atoms with Gasteiger partial charge in [0.1, 0.15) is 0 Å². The minimum absolute atomic E-state index is 0.260. The van der Waals surface area contributed by atoms with Gasteiger partial charge in [-0.2, -0.15) is 0 Å². The molecule has 0 aromatic carbocycles. The quantitative estimate of drug-likeness (QED) is 0.684. The van der Waals surface area contributed by atoms with Crippen LogP contribution in [0.5, 0.6) is 0 Å². The van der Waals surface area contributed by atoms with Crippen LogP contribution in [0.25, 0.3) is 0 Å². The molecule has 0 aliphatic rings. The van der Waals surface area contributed by atoms with Crippen LogP contribution in [-0.2, 0) is 4.74 Å². The van der Waals surface area contributed by atoms with E-state index in [-0.39, 0.29) is 5.69 Å². The van der Waals surface area contributed by atoms with E-state index < -0.39 is 5.97 Å². The molecule has 1 atom stereocenters. The molecule has 4 nitrogen and oxygen atoms in total. The zero-order valence-electron chi connectivity index (χ0n) is 8.43. The van der Waals surface area contributed by atoms with E-state index in [1.807, 2.05) is 6.92 Å². The van der Waals surface area contributed by atoms with Gasteiger partial charge >= 0.3 is 5.97 Å². The summed E-state index contributed by atoms with van der Waals surface area (Å²) in [4.78, 5) is 19.0. The fraction of sp³-hybridized carbons (Fsp3) is 0.500. The van der Waals surface area contributed by atoms with E-state index in [0.717, 1.165) is 6.42 Å². The third-order valence-corrected chi connectivity index (χ3v) is 1.97. The van der Waals surface area contributed by atoms with Crippen LogP contribution in [0, 0.1) is 5.92 Å². The average molecular weight is 194 g/mol. The normalized spacial score (nSPS) is 12.1. The van der Waals surface area contributed by atoms with E-state index in [1.165, 1.54) is 18.6 Å². The zero-order chi connectivity index (χ0) is 10.4. The lowest BCUT2D eigenvalue weighted by atomic mass is 10.1. The van der Waals surface area contributed by atoms with Crippen molar-refractivity contribution < 1.29 is 9.53 Å². The van der Waals surface area contributed by atoms with Crippen LogP contribution in [0.2, 0.25) is 0 Å². The topological polar surface area (TPSA) is 52.1 Å². The first-order chi connectivity index (χ1) is 6.74. The molecule has 0 aliphatic carbocycles. The molecule has 14 heavy (non-hydrogen) atoms. The van der Waals surface area contributed by atoms with Crippen LogP contribution in [0.15, 0.2) is 18.6 Å². The number of rotatable bonds is 4. The number of carbonyl (C=O) groups excluding carboxylic acids is 1. The minimum atomic E-state index is -0.404. The summed E-state index contributed by atoms with van der Waals surface area (Å²) in [6.45, 7) is 4.52. The van der Waals surface area contributed by atoms with Gasteiger partial charge in [-0.25, -0.2) is 9.78 Å². The highest BCUT2D eigenvalue weighted by molar-refractivity contribution is 5.86. The van der Waals surface area contributed by atoms with E-state index in [9.17, 15) is 4.79 Å². The maximum atomic E-state index is 11.3. The fourth-order valence-corrected chi connectivity index (χ4v) is 0.814. The molecule has 1 aromatic heterocycles. The molecular formula is C10H14N2O2. The average Bonchev–Trinajstić information content (AvgIpc) is 2.26. The molecule has 1 unspecified atom stereocenters. The largest absolute Gasteiger partial charge is 0.461 e. The summed E-state index contributed by atoms with van der Waals surface area (Å²) < 4.78 is 5.04. The predicted molar refractivity (Wildman–Crippen MR) is 51.8 cm³/mol. The van der Waals surface area contributed by atoms with Gasteiger partial charge in [-0.05, 0) is 5.92 Å². The molecule has 0 aliphatic heterocycles. The van der Waals surface area contributed by atoms with Crippen molar-refractivity contribution in [3.05, 3.63) is 24.3 Å². The molecule has 1 rings (SSSR count). The maximum absolute atomic E-state index is 11.3. The number of aromatic nitrogens is 2. The molecule has 0 amide bonds. The number of carbonyl (C=O) groups is 1. The Labute approximate surface area is 83.3 Å².